The lowest BCUT2D eigenvalue weighted by Gasteiger charge is -2.16. The van der Waals surface area contributed by atoms with Gasteiger partial charge in [0, 0.05) is 10.4 Å². The topological polar surface area (TPSA) is 67.4 Å². The first-order chi connectivity index (χ1) is 14.4. The van der Waals surface area contributed by atoms with Crippen LogP contribution in [0, 0.1) is 6.92 Å². The highest BCUT2D eigenvalue weighted by Crippen LogP contribution is 2.25. The second-order valence-electron chi connectivity index (χ2n) is 6.96. The van der Waals surface area contributed by atoms with Gasteiger partial charge < -0.3 is 15.4 Å². The van der Waals surface area contributed by atoms with Crippen LogP contribution in [0.5, 0.6) is 5.75 Å². The largest absolute Gasteiger partial charge is 0.489 e. The van der Waals surface area contributed by atoms with E-state index in [4.69, 9.17) is 4.74 Å². The van der Waals surface area contributed by atoms with Gasteiger partial charge >= 0.3 is 0 Å². The Bertz CT molecular complexity index is 1060. The van der Waals surface area contributed by atoms with Crippen molar-refractivity contribution in [3.63, 3.8) is 0 Å². The van der Waals surface area contributed by atoms with E-state index in [9.17, 15) is 9.59 Å². The van der Waals surface area contributed by atoms with Crippen molar-refractivity contribution in [1.82, 2.24) is 5.32 Å². The molecule has 2 aromatic carbocycles. The zero-order chi connectivity index (χ0) is 21.5. The molecule has 3 rings (SSSR count). The standard InChI is InChI=1S/C24H24N2O3S/c1-16(2)29-22-13-7-6-12-20(22)25-24(28)21(15-18-10-8-14-30-18)26-23(27)19-11-5-4-9-17(19)3/h4-16H,1-3H3,(H,25,28)(H,26,27)/b21-15-. The Morgan fingerprint density at radius 2 is 1.73 bits per heavy atom. The number of anilines is 1. The Labute approximate surface area is 180 Å². The van der Waals surface area contributed by atoms with Gasteiger partial charge in [-0.05, 0) is 62.1 Å². The highest BCUT2D eigenvalue weighted by atomic mass is 32.1. The minimum atomic E-state index is -0.426. The Hall–Kier alpha value is -3.38. The van der Waals surface area contributed by atoms with Gasteiger partial charge in [-0.1, -0.05) is 36.4 Å². The SMILES string of the molecule is Cc1ccccc1C(=O)N/C(=C\c1cccs1)C(=O)Nc1ccccc1OC(C)C. The van der Waals surface area contributed by atoms with E-state index in [1.807, 2.05) is 62.5 Å². The third kappa shape index (κ3) is 5.58. The number of carbonyl (C=O) groups excluding carboxylic acids is 2. The molecule has 0 saturated heterocycles. The van der Waals surface area contributed by atoms with Crippen LogP contribution in [0.3, 0.4) is 0 Å². The van der Waals surface area contributed by atoms with Gasteiger partial charge in [0.1, 0.15) is 11.4 Å². The molecule has 1 heterocycles. The van der Waals surface area contributed by atoms with Gasteiger partial charge in [-0.3, -0.25) is 9.59 Å². The first-order valence-corrected chi connectivity index (χ1v) is 10.5. The van der Waals surface area contributed by atoms with Crippen LogP contribution in [0.25, 0.3) is 6.08 Å². The van der Waals surface area contributed by atoms with E-state index in [0.717, 1.165) is 10.4 Å². The van der Waals surface area contributed by atoms with Crippen LogP contribution in [0.4, 0.5) is 5.69 Å². The van der Waals surface area contributed by atoms with Crippen molar-refractivity contribution in [2.45, 2.75) is 26.9 Å². The number of hydrogen-bond donors (Lipinski definition) is 2. The smallest absolute Gasteiger partial charge is 0.272 e. The molecule has 0 aliphatic heterocycles. The molecule has 3 aromatic rings. The fourth-order valence-electron chi connectivity index (χ4n) is 2.81. The fraction of sp³-hybridized carbons (Fsp3) is 0.167. The molecule has 0 atom stereocenters. The highest BCUT2D eigenvalue weighted by Gasteiger charge is 2.18. The summed E-state index contributed by atoms with van der Waals surface area (Å²) in [6.45, 7) is 5.70. The summed E-state index contributed by atoms with van der Waals surface area (Å²) in [6, 6.07) is 18.2. The molecule has 0 aliphatic carbocycles. The molecule has 2 amide bonds. The maximum Gasteiger partial charge on any atom is 0.272 e. The van der Waals surface area contributed by atoms with Crippen molar-refractivity contribution in [3.8, 4) is 5.75 Å². The minimum absolute atomic E-state index is 0.0371. The maximum atomic E-state index is 13.1. The number of nitrogens with one attached hydrogen (secondary N) is 2. The Balaban J connectivity index is 1.87. The molecule has 6 heteroatoms. The summed E-state index contributed by atoms with van der Waals surface area (Å²) in [7, 11) is 0. The van der Waals surface area contributed by atoms with Crippen LogP contribution in [0.15, 0.2) is 71.7 Å². The van der Waals surface area contributed by atoms with Gasteiger partial charge in [0.25, 0.3) is 11.8 Å². The van der Waals surface area contributed by atoms with Crippen molar-refractivity contribution < 1.29 is 14.3 Å². The molecule has 5 nitrogen and oxygen atoms in total. The van der Waals surface area contributed by atoms with E-state index >= 15 is 0 Å². The summed E-state index contributed by atoms with van der Waals surface area (Å²) < 4.78 is 5.78. The van der Waals surface area contributed by atoms with E-state index in [1.165, 1.54) is 11.3 Å². The highest BCUT2D eigenvalue weighted by molar-refractivity contribution is 7.10. The van der Waals surface area contributed by atoms with E-state index in [0.29, 0.717) is 17.0 Å². The van der Waals surface area contributed by atoms with Crippen molar-refractivity contribution in [2.75, 3.05) is 5.32 Å². The molecule has 154 valence electrons. The zero-order valence-electron chi connectivity index (χ0n) is 17.1. The van der Waals surface area contributed by atoms with Gasteiger partial charge in [0.2, 0.25) is 0 Å². The van der Waals surface area contributed by atoms with Crippen molar-refractivity contribution in [2.24, 2.45) is 0 Å². The first-order valence-electron chi connectivity index (χ1n) is 9.63. The Morgan fingerprint density at radius 1 is 1.00 bits per heavy atom. The van der Waals surface area contributed by atoms with Crippen LogP contribution in [-0.2, 0) is 4.79 Å². The molecule has 0 spiro atoms. The summed E-state index contributed by atoms with van der Waals surface area (Å²) in [5.74, 6) is -0.190. The average molecular weight is 421 g/mol. The third-order valence-corrected chi connectivity index (χ3v) is 5.03. The fourth-order valence-corrected chi connectivity index (χ4v) is 3.46. The van der Waals surface area contributed by atoms with E-state index in [1.54, 1.807) is 30.3 Å². The van der Waals surface area contributed by atoms with Gasteiger partial charge in [-0.15, -0.1) is 11.3 Å². The number of benzene rings is 2. The second kappa shape index (κ2) is 9.89. The maximum absolute atomic E-state index is 13.1. The van der Waals surface area contributed by atoms with Crippen LogP contribution in [0.2, 0.25) is 0 Å². The molecule has 1 aromatic heterocycles. The van der Waals surface area contributed by atoms with Gasteiger partial charge in [-0.2, -0.15) is 0 Å². The lowest BCUT2D eigenvalue weighted by atomic mass is 10.1. The molecule has 0 unspecified atom stereocenters. The summed E-state index contributed by atoms with van der Waals surface area (Å²) in [4.78, 5) is 26.8. The first kappa shape index (κ1) is 21.3. The van der Waals surface area contributed by atoms with Gasteiger partial charge in [-0.25, -0.2) is 0 Å². The number of para-hydroxylation sites is 2. The van der Waals surface area contributed by atoms with Crippen molar-refractivity contribution in [3.05, 3.63) is 87.7 Å². The number of carbonyl (C=O) groups is 2. The quantitative estimate of drug-likeness (QED) is 0.513. The van der Waals surface area contributed by atoms with Crippen LogP contribution < -0.4 is 15.4 Å². The van der Waals surface area contributed by atoms with Crippen LogP contribution in [0.1, 0.15) is 34.6 Å². The number of amides is 2. The van der Waals surface area contributed by atoms with E-state index in [2.05, 4.69) is 10.6 Å². The van der Waals surface area contributed by atoms with E-state index in [-0.39, 0.29) is 17.7 Å². The normalized spacial score (nSPS) is 11.3. The van der Waals surface area contributed by atoms with E-state index < -0.39 is 5.91 Å². The number of thiophene rings is 1. The molecule has 30 heavy (non-hydrogen) atoms. The van der Waals surface area contributed by atoms with Crippen molar-refractivity contribution >= 4 is 34.9 Å². The Morgan fingerprint density at radius 3 is 2.43 bits per heavy atom. The van der Waals surface area contributed by atoms with Gasteiger partial charge in [0.15, 0.2) is 0 Å². The predicted molar refractivity (Wildman–Crippen MR) is 122 cm³/mol. The summed E-state index contributed by atoms with van der Waals surface area (Å²) in [5.41, 5.74) is 2.05. The average Bonchev–Trinajstić information content (AvgIpc) is 3.22. The summed E-state index contributed by atoms with van der Waals surface area (Å²) in [6.07, 6.45) is 1.63. The number of rotatable bonds is 7. The number of hydrogen-bond acceptors (Lipinski definition) is 4. The monoisotopic (exact) mass is 420 g/mol. The van der Waals surface area contributed by atoms with Gasteiger partial charge in [0.05, 0.1) is 11.8 Å². The Kier molecular flexibility index (Phi) is 7.03. The molecule has 0 bridgehead atoms. The lowest BCUT2D eigenvalue weighted by molar-refractivity contribution is -0.113. The molecule has 0 saturated carbocycles. The molecular formula is C24H24N2O3S. The van der Waals surface area contributed by atoms with Crippen LogP contribution in [-0.4, -0.2) is 17.9 Å². The minimum Gasteiger partial charge on any atom is -0.489 e. The molecule has 0 radical (unpaired) electrons. The van der Waals surface area contributed by atoms with Crippen LogP contribution >= 0.6 is 11.3 Å². The lowest BCUT2D eigenvalue weighted by Crippen LogP contribution is -2.31. The number of ether oxygens (including phenoxy) is 1. The third-order valence-electron chi connectivity index (χ3n) is 4.21. The zero-order valence-corrected chi connectivity index (χ0v) is 18.0. The molecule has 0 fully saturated rings. The molecule has 2 N–H and O–H groups in total. The molecule has 0 aliphatic rings. The number of aryl methyl sites for hydroxylation is 1. The summed E-state index contributed by atoms with van der Waals surface area (Å²) >= 11 is 1.48. The van der Waals surface area contributed by atoms with Crippen molar-refractivity contribution in [1.29, 1.82) is 0 Å². The molecular weight excluding hydrogens is 396 g/mol. The predicted octanol–water partition coefficient (Wildman–Crippen LogP) is 5.25. The summed E-state index contributed by atoms with van der Waals surface area (Å²) in [5, 5.41) is 7.54. The second-order valence-corrected chi connectivity index (χ2v) is 7.94.